The van der Waals surface area contributed by atoms with Gasteiger partial charge in [0.15, 0.2) is 9.84 Å². The van der Waals surface area contributed by atoms with Crippen LogP contribution in [-0.2, 0) is 29.1 Å². The Hall–Kier alpha value is -3.86. The van der Waals surface area contributed by atoms with Gasteiger partial charge in [0.25, 0.3) is 5.91 Å². The van der Waals surface area contributed by atoms with Gasteiger partial charge in [-0.05, 0) is 54.8 Å². The molecule has 4 aromatic rings. The Labute approximate surface area is 229 Å². The van der Waals surface area contributed by atoms with Gasteiger partial charge in [-0.2, -0.15) is 13.2 Å². The molecule has 0 aliphatic heterocycles. The lowest BCUT2D eigenvalue weighted by Gasteiger charge is -2.17. The van der Waals surface area contributed by atoms with Gasteiger partial charge in [0, 0.05) is 23.6 Å². The molecule has 1 saturated carbocycles. The zero-order valence-corrected chi connectivity index (χ0v) is 22.8. The topological polar surface area (TPSA) is 90.3 Å². The monoisotopic (exact) mass is 571 g/mol. The van der Waals surface area contributed by atoms with Gasteiger partial charge >= 0.3 is 6.18 Å². The summed E-state index contributed by atoms with van der Waals surface area (Å²) in [4.78, 5) is 17.9. The molecule has 3 aromatic carbocycles. The number of hydrogen-bond acceptors (Lipinski definition) is 5. The third-order valence-corrected chi connectivity index (χ3v) is 8.78. The minimum Gasteiger partial charge on any atom is -0.496 e. The molecule has 1 amide bonds. The number of carbonyl (C=O) groups is 1. The second-order valence-electron chi connectivity index (χ2n) is 9.76. The van der Waals surface area contributed by atoms with Gasteiger partial charge in [0.1, 0.15) is 11.6 Å². The minimum atomic E-state index is -4.55. The van der Waals surface area contributed by atoms with Crippen molar-refractivity contribution in [1.82, 2.24) is 14.9 Å². The average Bonchev–Trinajstić information content (AvgIpc) is 3.73. The van der Waals surface area contributed by atoms with Gasteiger partial charge < -0.3 is 14.6 Å². The van der Waals surface area contributed by atoms with Crippen molar-refractivity contribution in [3.05, 3.63) is 88.7 Å². The van der Waals surface area contributed by atoms with Crippen LogP contribution in [0.15, 0.2) is 65.6 Å². The van der Waals surface area contributed by atoms with E-state index >= 15 is 0 Å². The molecule has 7 nitrogen and oxygen atoms in total. The Bertz CT molecular complexity index is 1680. The number of methoxy groups -OCH3 is 1. The molecule has 0 bridgehead atoms. The summed E-state index contributed by atoms with van der Waals surface area (Å²) in [6.45, 7) is 1.93. The number of halogens is 3. The molecule has 5 rings (SSSR count). The first-order valence-corrected chi connectivity index (χ1v) is 14.5. The van der Waals surface area contributed by atoms with E-state index in [1.807, 2.05) is 4.57 Å². The molecular weight excluding hydrogens is 543 g/mol. The molecule has 1 aliphatic rings. The van der Waals surface area contributed by atoms with Crippen LogP contribution in [0.5, 0.6) is 5.75 Å². The Morgan fingerprint density at radius 2 is 1.82 bits per heavy atom. The molecule has 0 spiro atoms. The number of ether oxygens (including phenoxy) is 1. The molecule has 1 fully saturated rings. The van der Waals surface area contributed by atoms with E-state index in [0.29, 0.717) is 22.2 Å². The minimum absolute atomic E-state index is 0.0112. The number of rotatable bonds is 9. The number of nitrogens with zero attached hydrogens (tertiary/aromatic N) is 2. The fourth-order valence-electron chi connectivity index (χ4n) is 4.72. The quantitative estimate of drug-likeness (QED) is 0.278. The number of nitrogens with one attached hydrogen (secondary N) is 1. The van der Waals surface area contributed by atoms with Crippen molar-refractivity contribution in [3.63, 3.8) is 0 Å². The number of amides is 1. The molecule has 1 N–H and O–H groups in total. The van der Waals surface area contributed by atoms with E-state index in [0.717, 1.165) is 30.3 Å². The van der Waals surface area contributed by atoms with Crippen LogP contribution in [0.2, 0.25) is 0 Å². The molecule has 11 heteroatoms. The molecule has 0 saturated heterocycles. The first-order valence-electron chi connectivity index (χ1n) is 12.8. The van der Waals surface area contributed by atoms with Crippen molar-refractivity contribution in [2.24, 2.45) is 0 Å². The summed E-state index contributed by atoms with van der Waals surface area (Å²) in [5.41, 5.74) is 1.99. The third-order valence-electron chi connectivity index (χ3n) is 7.03. The van der Waals surface area contributed by atoms with E-state index in [9.17, 15) is 26.4 Å². The van der Waals surface area contributed by atoms with Gasteiger partial charge in [-0.1, -0.05) is 31.2 Å². The molecule has 1 aromatic heterocycles. The van der Waals surface area contributed by atoms with Crippen LogP contribution in [0.3, 0.4) is 0 Å². The van der Waals surface area contributed by atoms with Gasteiger partial charge in [-0.25, -0.2) is 13.4 Å². The molecule has 1 heterocycles. The molecule has 0 atom stereocenters. The van der Waals surface area contributed by atoms with Crippen molar-refractivity contribution in [2.45, 2.75) is 49.8 Å². The van der Waals surface area contributed by atoms with Crippen LogP contribution in [0.1, 0.15) is 58.6 Å². The van der Waals surface area contributed by atoms with E-state index < -0.39 is 21.6 Å². The second-order valence-corrected chi connectivity index (χ2v) is 12.0. The van der Waals surface area contributed by atoms with Crippen LogP contribution in [0.4, 0.5) is 13.2 Å². The lowest BCUT2D eigenvalue weighted by Crippen LogP contribution is -2.22. The SMILES string of the molecule is CCS(=O)(=O)c1ccc(CNC(=O)c2ccc3c(c2)nc(C2CC2)n3Cc2cccc(C(F)(F)F)c2OC)cc1. The van der Waals surface area contributed by atoms with Crippen LogP contribution < -0.4 is 10.1 Å². The smallest absolute Gasteiger partial charge is 0.419 e. The zero-order chi connectivity index (χ0) is 28.7. The Kier molecular flexibility index (Phi) is 7.34. The van der Waals surface area contributed by atoms with Crippen LogP contribution >= 0.6 is 0 Å². The number of aromatic nitrogens is 2. The Morgan fingerprint density at radius 3 is 2.45 bits per heavy atom. The summed E-state index contributed by atoms with van der Waals surface area (Å²) in [6, 6.07) is 15.5. The van der Waals surface area contributed by atoms with E-state index in [1.165, 1.54) is 25.3 Å². The van der Waals surface area contributed by atoms with Crippen LogP contribution in [0, 0.1) is 0 Å². The number of para-hydroxylation sites is 1. The highest BCUT2D eigenvalue weighted by atomic mass is 32.2. The molecular formula is C29H28F3N3O4S. The second kappa shape index (κ2) is 10.6. The average molecular weight is 572 g/mol. The van der Waals surface area contributed by atoms with Gasteiger partial charge in [-0.15, -0.1) is 0 Å². The summed E-state index contributed by atoms with van der Waals surface area (Å²) in [6.07, 6.45) is -2.67. The molecule has 0 unspecified atom stereocenters. The number of benzene rings is 3. The first-order chi connectivity index (χ1) is 19.0. The van der Waals surface area contributed by atoms with Gasteiger partial charge in [0.2, 0.25) is 0 Å². The lowest BCUT2D eigenvalue weighted by atomic mass is 10.1. The van der Waals surface area contributed by atoms with Gasteiger partial charge in [-0.3, -0.25) is 4.79 Å². The maximum atomic E-state index is 13.6. The van der Waals surface area contributed by atoms with E-state index in [-0.39, 0.29) is 41.3 Å². The Balaban J connectivity index is 1.39. The molecule has 1 aliphatic carbocycles. The predicted molar refractivity (Wildman–Crippen MR) is 144 cm³/mol. The number of imidazole rings is 1. The number of carbonyl (C=O) groups excluding carboxylic acids is 1. The van der Waals surface area contributed by atoms with E-state index in [1.54, 1.807) is 43.3 Å². The first kappa shape index (κ1) is 27.7. The largest absolute Gasteiger partial charge is 0.496 e. The summed E-state index contributed by atoms with van der Waals surface area (Å²) in [7, 11) is -2.07. The highest BCUT2D eigenvalue weighted by Crippen LogP contribution is 2.42. The third kappa shape index (κ3) is 5.56. The number of sulfone groups is 1. The molecule has 40 heavy (non-hydrogen) atoms. The summed E-state index contributed by atoms with van der Waals surface area (Å²) < 4.78 is 71.8. The van der Waals surface area contributed by atoms with Crippen LogP contribution in [-0.4, -0.2) is 36.7 Å². The van der Waals surface area contributed by atoms with Crippen molar-refractivity contribution >= 4 is 26.8 Å². The van der Waals surface area contributed by atoms with E-state index in [4.69, 9.17) is 9.72 Å². The van der Waals surface area contributed by atoms with Crippen molar-refractivity contribution in [3.8, 4) is 5.75 Å². The fraction of sp³-hybridized carbons (Fsp3) is 0.310. The predicted octanol–water partition coefficient (Wildman–Crippen LogP) is 5.71. The molecule has 210 valence electrons. The zero-order valence-electron chi connectivity index (χ0n) is 22.0. The maximum absolute atomic E-state index is 13.6. The summed E-state index contributed by atoms with van der Waals surface area (Å²) in [5, 5.41) is 2.84. The standard InChI is InChI=1S/C29H28F3N3O4S/c1-3-40(37,38)22-12-7-18(8-13-22)16-33-28(36)20-11-14-25-24(15-20)34-27(19-9-10-19)35(25)17-21-5-4-6-23(26(21)39-2)29(30,31)32/h4-8,11-15,19H,3,9-10,16-17H2,1-2H3,(H,33,36). The van der Waals surface area contributed by atoms with E-state index in [2.05, 4.69) is 5.32 Å². The maximum Gasteiger partial charge on any atom is 0.419 e. The molecule has 0 radical (unpaired) electrons. The summed E-state index contributed by atoms with van der Waals surface area (Å²) in [5.74, 6) is 0.455. The number of fused-ring (bicyclic) bond motifs is 1. The highest BCUT2D eigenvalue weighted by molar-refractivity contribution is 7.91. The highest BCUT2D eigenvalue weighted by Gasteiger charge is 2.36. The number of alkyl halides is 3. The number of hydrogen-bond donors (Lipinski definition) is 1. The Morgan fingerprint density at radius 1 is 1.10 bits per heavy atom. The van der Waals surface area contributed by atoms with Crippen molar-refractivity contribution in [2.75, 3.05) is 12.9 Å². The lowest BCUT2D eigenvalue weighted by molar-refractivity contribution is -0.138. The fourth-order valence-corrected chi connectivity index (χ4v) is 5.60. The normalized spacial score (nSPS) is 13.9. The van der Waals surface area contributed by atoms with Gasteiger partial charge in [0.05, 0.1) is 40.9 Å². The van der Waals surface area contributed by atoms with Crippen LogP contribution in [0.25, 0.3) is 11.0 Å². The van der Waals surface area contributed by atoms with Crippen molar-refractivity contribution < 1.29 is 31.1 Å². The van der Waals surface area contributed by atoms with Crippen molar-refractivity contribution in [1.29, 1.82) is 0 Å². The summed E-state index contributed by atoms with van der Waals surface area (Å²) >= 11 is 0.